The molecule has 7 heteroatoms. The minimum atomic E-state index is -0.0824. The maximum atomic E-state index is 6.24. The minimum Gasteiger partial charge on any atom is -0.365 e. The molecule has 0 radical (unpaired) electrons. The predicted octanol–water partition coefficient (Wildman–Crippen LogP) is 5.07. The number of hydrogen-bond donors (Lipinski definition) is 0. The fourth-order valence-corrected chi connectivity index (χ4v) is 3.95. The molecule has 0 aliphatic rings. The zero-order chi connectivity index (χ0) is 19.2. The van der Waals surface area contributed by atoms with E-state index >= 15 is 0 Å². The van der Waals surface area contributed by atoms with Crippen molar-refractivity contribution >= 4 is 34.5 Å². The molecule has 2 aromatic heterocycles. The summed E-state index contributed by atoms with van der Waals surface area (Å²) in [6.45, 7) is 2.42. The molecule has 0 spiro atoms. The number of halogens is 2. The molecule has 27 heavy (non-hydrogen) atoms. The van der Waals surface area contributed by atoms with Gasteiger partial charge in [0.15, 0.2) is 0 Å². The molecule has 2 heterocycles. The highest BCUT2D eigenvalue weighted by atomic mass is 35.5. The monoisotopic (exact) mass is 423 g/mol. The fourth-order valence-electron chi connectivity index (χ4n) is 2.85. The second kappa shape index (κ2) is 9.71. The van der Waals surface area contributed by atoms with Gasteiger partial charge >= 0.3 is 0 Å². The van der Waals surface area contributed by atoms with Crippen molar-refractivity contribution in [2.24, 2.45) is 7.05 Å². The number of aromatic nitrogens is 2. The largest absolute Gasteiger partial charge is 0.365 e. The van der Waals surface area contributed by atoms with E-state index in [-0.39, 0.29) is 6.10 Å². The van der Waals surface area contributed by atoms with E-state index in [1.165, 1.54) is 10.4 Å². The molecule has 4 nitrogen and oxygen atoms in total. The van der Waals surface area contributed by atoms with Crippen LogP contribution in [0.3, 0.4) is 0 Å². The highest BCUT2D eigenvalue weighted by molar-refractivity contribution is 7.10. The summed E-state index contributed by atoms with van der Waals surface area (Å²) in [5.41, 5.74) is 2.25. The van der Waals surface area contributed by atoms with Gasteiger partial charge in [0.25, 0.3) is 0 Å². The Morgan fingerprint density at radius 3 is 2.70 bits per heavy atom. The normalized spacial score (nSPS) is 12.6. The topological polar surface area (TPSA) is 30.3 Å². The predicted molar refractivity (Wildman–Crippen MR) is 113 cm³/mol. The van der Waals surface area contributed by atoms with Gasteiger partial charge < -0.3 is 9.64 Å². The Labute approximate surface area is 174 Å². The van der Waals surface area contributed by atoms with E-state index in [0.29, 0.717) is 16.7 Å². The van der Waals surface area contributed by atoms with Crippen LogP contribution >= 0.6 is 34.5 Å². The quantitative estimate of drug-likeness (QED) is 0.481. The Balaban J connectivity index is 1.51. The Bertz CT molecular complexity index is 851. The van der Waals surface area contributed by atoms with Crippen molar-refractivity contribution in [3.05, 3.63) is 74.2 Å². The molecule has 1 atom stereocenters. The van der Waals surface area contributed by atoms with Crippen LogP contribution in [0, 0.1) is 0 Å². The molecule has 0 fully saturated rings. The molecular weight excluding hydrogens is 401 g/mol. The lowest BCUT2D eigenvalue weighted by Crippen LogP contribution is -2.26. The van der Waals surface area contributed by atoms with E-state index in [4.69, 9.17) is 27.9 Å². The number of benzene rings is 1. The molecule has 0 saturated heterocycles. The molecule has 1 unspecified atom stereocenters. The van der Waals surface area contributed by atoms with Crippen molar-refractivity contribution in [3.8, 4) is 0 Å². The lowest BCUT2D eigenvalue weighted by molar-refractivity contribution is 0.0623. The van der Waals surface area contributed by atoms with Crippen LogP contribution in [0.1, 0.15) is 22.2 Å². The first kappa shape index (κ1) is 20.4. The molecule has 0 aliphatic heterocycles. The van der Waals surface area contributed by atoms with Crippen LogP contribution in [-0.2, 0) is 18.2 Å². The highest BCUT2D eigenvalue weighted by Gasteiger charge is 2.19. The molecule has 3 aromatic rings. The lowest BCUT2D eigenvalue weighted by atomic mass is 10.1. The van der Waals surface area contributed by atoms with Gasteiger partial charge in [0, 0.05) is 31.2 Å². The number of rotatable bonds is 9. The molecule has 0 aliphatic carbocycles. The van der Waals surface area contributed by atoms with Gasteiger partial charge in [0.2, 0.25) is 0 Å². The first-order chi connectivity index (χ1) is 13.0. The molecule has 144 valence electrons. The summed E-state index contributed by atoms with van der Waals surface area (Å²) >= 11 is 13.8. The second-order valence-electron chi connectivity index (χ2n) is 6.45. The number of nitrogens with zero attached hydrogens (tertiary/aromatic N) is 3. The molecular formula is C20H23Cl2N3OS. The lowest BCUT2D eigenvalue weighted by Gasteiger charge is -2.21. The molecule has 0 amide bonds. The van der Waals surface area contributed by atoms with Crippen molar-refractivity contribution in [1.82, 2.24) is 14.7 Å². The summed E-state index contributed by atoms with van der Waals surface area (Å²) in [6, 6.07) is 12.0. The van der Waals surface area contributed by atoms with Gasteiger partial charge in [0.05, 0.1) is 22.3 Å². The van der Waals surface area contributed by atoms with Gasteiger partial charge in [-0.05, 0) is 48.7 Å². The van der Waals surface area contributed by atoms with Crippen molar-refractivity contribution in [3.63, 3.8) is 0 Å². The first-order valence-corrected chi connectivity index (χ1v) is 10.4. The van der Waals surface area contributed by atoms with Crippen molar-refractivity contribution in [2.75, 3.05) is 26.7 Å². The van der Waals surface area contributed by atoms with Crippen molar-refractivity contribution in [1.29, 1.82) is 0 Å². The minimum absolute atomic E-state index is 0.0824. The second-order valence-corrected chi connectivity index (χ2v) is 8.24. The Morgan fingerprint density at radius 1 is 1.19 bits per heavy atom. The summed E-state index contributed by atoms with van der Waals surface area (Å²) in [6.07, 6.45) is 2.65. The number of ether oxygens (including phenoxy) is 1. The van der Waals surface area contributed by atoms with Gasteiger partial charge in [-0.2, -0.15) is 5.10 Å². The number of aryl methyl sites for hydroxylation is 1. The SMILES string of the molecule is CN(CCOC(c1cccs1)c1ccnn1C)CCc1ccc(Cl)c(Cl)c1. The molecule has 0 bridgehead atoms. The van der Waals surface area contributed by atoms with Crippen LogP contribution in [0.2, 0.25) is 10.0 Å². The van der Waals surface area contributed by atoms with E-state index in [2.05, 4.69) is 34.6 Å². The standard InChI is InChI=1S/C20H23Cl2N3OS/c1-24(10-8-15-5-6-16(21)17(22)14-15)11-12-26-20(19-4-3-13-27-19)18-7-9-23-25(18)2/h3-7,9,13-14,20H,8,10-12H2,1-2H3. The van der Waals surface area contributed by atoms with Crippen molar-refractivity contribution < 1.29 is 4.74 Å². The number of likely N-dealkylation sites (N-methyl/N-ethyl adjacent to an activating group) is 1. The third-order valence-corrected chi connectivity index (χ3v) is 6.11. The van der Waals surface area contributed by atoms with Crippen LogP contribution < -0.4 is 0 Å². The van der Waals surface area contributed by atoms with Crippen LogP contribution in [-0.4, -0.2) is 41.4 Å². The van der Waals surface area contributed by atoms with Gasteiger partial charge in [-0.25, -0.2) is 0 Å². The summed E-state index contributed by atoms with van der Waals surface area (Å²) in [5.74, 6) is 0. The van der Waals surface area contributed by atoms with Gasteiger partial charge in [-0.3, -0.25) is 4.68 Å². The molecule has 3 rings (SSSR count). The Hall–Kier alpha value is -1.37. The zero-order valence-corrected chi connectivity index (χ0v) is 17.8. The van der Waals surface area contributed by atoms with Crippen LogP contribution in [0.4, 0.5) is 0 Å². The molecule has 0 N–H and O–H groups in total. The Kier molecular flexibility index (Phi) is 7.33. The average molecular weight is 424 g/mol. The van der Waals surface area contributed by atoms with E-state index in [9.17, 15) is 0 Å². The van der Waals surface area contributed by atoms with Gasteiger partial charge in [0.1, 0.15) is 6.10 Å². The summed E-state index contributed by atoms with van der Waals surface area (Å²) in [4.78, 5) is 3.45. The van der Waals surface area contributed by atoms with E-state index in [0.717, 1.165) is 25.2 Å². The van der Waals surface area contributed by atoms with Gasteiger partial charge in [-0.1, -0.05) is 35.3 Å². The van der Waals surface area contributed by atoms with Crippen molar-refractivity contribution in [2.45, 2.75) is 12.5 Å². The number of hydrogen-bond acceptors (Lipinski definition) is 4. The van der Waals surface area contributed by atoms with Crippen LogP contribution in [0.5, 0.6) is 0 Å². The fraction of sp³-hybridized carbons (Fsp3) is 0.350. The van der Waals surface area contributed by atoms with E-state index < -0.39 is 0 Å². The molecule has 1 aromatic carbocycles. The molecule has 0 saturated carbocycles. The summed E-state index contributed by atoms with van der Waals surface area (Å²) in [7, 11) is 4.05. The maximum Gasteiger partial charge on any atom is 0.133 e. The zero-order valence-electron chi connectivity index (χ0n) is 15.4. The summed E-state index contributed by atoms with van der Waals surface area (Å²) < 4.78 is 8.11. The average Bonchev–Trinajstić information content (AvgIpc) is 3.32. The van der Waals surface area contributed by atoms with E-state index in [1.807, 2.05) is 42.2 Å². The first-order valence-electron chi connectivity index (χ1n) is 8.80. The third-order valence-electron chi connectivity index (χ3n) is 4.45. The smallest absolute Gasteiger partial charge is 0.133 e. The van der Waals surface area contributed by atoms with Crippen LogP contribution in [0.15, 0.2) is 48.0 Å². The van der Waals surface area contributed by atoms with Crippen LogP contribution in [0.25, 0.3) is 0 Å². The summed E-state index contributed by atoms with van der Waals surface area (Å²) in [5, 5.41) is 7.55. The number of thiophene rings is 1. The third kappa shape index (κ3) is 5.56. The Morgan fingerprint density at radius 2 is 2.04 bits per heavy atom. The van der Waals surface area contributed by atoms with E-state index in [1.54, 1.807) is 11.3 Å². The van der Waals surface area contributed by atoms with Gasteiger partial charge in [-0.15, -0.1) is 11.3 Å². The highest BCUT2D eigenvalue weighted by Crippen LogP contribution is 2.29. The maximum absolute atomic E-state index is 6.24.